The zero-order valence-corrected chi connectivity index (χ0v) is 18.6. The van der Waals surface area contributed by atoms with Gasteiger partial charge in [-0.15, -0.1) is 0 Å². The summed E-state index contributed by atoms with van der Waals surface area (Å²) in [4.78, 5) is 61.9. The van der Waals surface area contributed by atoms with Crippen molar-refractivity contribution in [2.45, 2.75) is 18.8 Å². The number of methoxy groups -OCH3 is 1. The van der Waals surface area contributed by atoms with Crippen molar-refractivity contribution in [2.24, 2.45) is 5.92 Å². The topological polar surface area (TPSA) is 209 Å². The highest BCUT2D eigenvalue weighted by Crippen LogP contribution is 2.33. The van der Waals surface area contributed by atoms with Gasteiger partial charge in [-0.25, -0.2) is 4.79 Å². The quantitative estimate of drug-likeness (QED) is 0.0583. The molecule has 14 nitrogen and oxygen atoms in total. The number of allylic oxidation sites excluding steroid dienone is 1. The Morgan fingerprint density at radius 2 is 1.66 bits per heavy atom. The van der Waals surface area contributed by atoms with E-state index in [1.807, 2.05) is 0 Å². The van der Waals surface area contributed by atoms with Crippen LogP contribution >= 0.6 is 0 Å². The van der Waals surface area contributed by atoms with Gasteiger partial charge in [0.2, 0.25) is 13.1 Å². The van der Waals surface area contributed by atoms with Crippen molar-refractivity contribution in [2.75, 3.05) is 20.2 Å². The van der Waals surface area contributed by atoms with Crippen molar-refractivity contribution in [1.82, 2.24) is 0 Å². The van der Waals surface area contributed by atoms with Crippen molar-refractivity contribution in [1.29, 1.82) is 0 Å². The van der Waals surface area contributed by atoms with Crippen LogP contribution in [0, 0.1) is 26.1 Å². The van der Waals surface area contributed by atoms with Crippen LogP contribution in [-0.2, 0) is 19.1 Å². The first-order valence-corrected chi connectivity index (χ1v) is 9.98. The molecule has 0 fully saturated rings. The number of hydrogen-bond donors (Lipinski definition) is 0. The molecule has 2 aromatic heterocycles. The average Bonchev–Trinajstić information content (AvgIpc) is 3.51. The molecule has 0 spiro atoms. The Kier molecular flexibility index (Phi) is 9.06. The number of nitrogens with zero attached hydrogens (tertiary/aromatic N) is 4. The van der Waals surface area contributed by atoms with Gasteiger partial charge < -0.3 is 19.1 Å². The highest BCUT2D eigenvalue weighted by Gasteiger charge is 2.44. The summed E-state index contributed by atoms with van der Waals surface area (Å²) in [5.74, 6) is -7.66. The second-order valence-corrected chi connectivity index (χ2v) is 7.23. The molecular weight excluding hydrogens is 468 g/mol. The van der Waals surface area contributed by atoms with E-state index in [2.05, 4.69) is 9.53 Å². The molecule has 0 radical (unpaired) electrons. The van der Waals surface area contributed by atoms with Crippen molar-refractivity contribution >= 4 is 23.2 Å². The summed E-state index contributed by atoms with van der Waals surface area (Å²) in [5.41, 5.74) is 7.90. The molecule has 3 atom stereocenters. The minimum atomic E-state index is -1.69. The van der Waals surface area contributed by atoms with Crippen LogP contribution in [0.15, 0.2) is 57.3 Å². The van der Waals surface area contributed by atoms with Gasteiger partial charge in [-0.2, -0.15) is 4.79 Å². The first kappa shape index (κ1) is 26.5. The predicted octanol–water partition coefficient (Wildman–Crippen LogP) is 1.84. The van der Waals surface area contributed by atoms with Crippen LogP contribution in [0.25, 0.3) is 5.53 Å². The average molecular weight is 488 g/mol. The van der Waals surface area contributed by atoms with E-state index < -0.39 is 63.9 Å². The summed E-state index contributed by atoms with van der Waals surface area (Å²) in [6.45, 7) is -0.620. The lowest BCUT2D eigenvalue weighted by molar-refractivity contribution is -0.484. The van der Waals surface area contributed by atoms with Gasteiger partial charge in [-0.3, -0.25) is 29.8 Å². The Balaban J connectivity index is 2.79. The van der Waals surface area contributed by atoms with E-state index in [0.717, 1.165) is 20.1 Å². The van der Waals surface area contributed by atoms with Gasteiger partial charge in [0.1, 0.15) is 17.4 Å². The molecule has 0 saturated heterocycles. The van der Waals surface area contributed by atoms with Crippen molar-refractivity contribution in [3.8, 4) is 0 Å². The molecule has 0 amide bonds. The molecule has 0 aliphatic carbocycles. The van der Waals surface area contributed by atoms with E-state index in [1.54, 1.807) is 0 Å². The number of rotatable bonds is 13. The monoisotopic (exact) mass is 488 g/mol. The van der Waals surface area contributed by atoms with E-state index in [0.29, 0.717) is 0 Å². The molecule has 0 saturated carbocycles. The Morgan fingerprint density at radius 1 is 1.09 bits per heavy atom. The summed E-state index contributed by atoms with van der Waals surface area (Å²) < 4.78 is 14.9. The highest BCUT2D eigenvalue weighted by molar-refractivity contribution is 6.63. The second-order valence-electron chi connectivity index (χ2n) is 7.23. The zero-order valence-electron chi connectivity index (χ0n) is 18.6. The molecule has 14 heteroatoms. The third-order valence-electron chi connectivity index (χ3n) is 5.06. The van der Waals surface area contributed by atoms with Crippen LogP contribution in [-0.4, -0.2) is 58.1 Å². The van der Waals surface area contributed by atoms with Crippen LogP contribution < -0.4 is 0 Å². The van der Waals surface area contributed by atoms with Gasteiger partial charge in [-0.05, 0) is 31.2 Å². The summed E-state index contributed by atoms with van der Waals surface area (Å²) >= 11 is 0. The van der Waals surface area contributed by atoms with Crippen molar-refractivity contribution < 1.29 is 42.6 Å². The molecule has 0 bridgehead atoms. The van der Waals surface area contributed by atoms with Gasteiger partial charge >= 0.3 is 11.7 Å². The lowest BCUT2D eigenvalue weighted by Gasteiger charge is -2.20. The number of ether oxygens (including phenoxy) is 1. The van der Waals surface area contributed by atoms with Gasteiger partial charge in [0.15, 0.2) is 5.78 Å². The maximum absolute atomic E-state index is 13.3. The number of Topliss-reactive ketones (excluding diaryl/α,β-unsaturated/α-hetero) is 2. The minimum absolute atomic E-state index is 0.0298. The Hall–Kier alpha value is -4.71. The number of carbonyl (C=O) groups excluding carboxylic acids is 3. The minimum Gasteiger partial charge on any atom is -0.469 e. The molecule has 0 aliphatic rings. The highest BCUT2D eigenvalue weighted by atomic mass is 16.6. The second kappa shape index (κ2) is 12.0. The fourth-order valence-electron chi connectivity index (χ4n) is 3.52. The molecular formula is C21H20N4O10. The van der Waals surface area contributed by atoms with Crippen molar-refractivity contribution in [3.05, 3.63) is 85.7 Å². The normalized spacial score (nSPS) is 13.7. The maximum Gasteiger partial charge on any atom is 0.442 e. The number of furan rings is 2. The van der Waals surface area contributed by atoms with E-state index in [-0.39, 0.29) is 17.1 Å². The third-order valence-corrected chi connectivity index (χ3v) is 5.06. The van der Waals surface area contributed by atoms with Crippen molar-refractivity contribution in [3.63, 3.8) is 0 Å². The summed E-state index contributed by atoms with van der Waals surface area (Å²) in [6, 6.07) is 5.57. The molecule has 0 aromatic carbocycles. The number of carbonyl (C=O) groups is 3. The smallest absolute Gasteiger partial charge is 0.442 e. The third kappa shape index (κ3) is 6.65. The van der Waals surface area contributed by atoms with Gasteiger partial charge in [0.25, 0.3) is 5.78 Å². The molecule has 0 N–H and O–H groups in total. The van der Waals surface area contributed by atoms with E-state index in [1.165, 1.54) is 36.8 Å². The molecule has 184 valence electrons. The largest absolute Gasteiger partial charge is 0.469 e. The molecule has 2 rings (SSSR count). The first-order valence-electron chi connectivity index (χ1n) is 9.98. The zero-order chi connectivity index (χ0) is 26.1. The SMILES string of the molecule is COC(=O)C(=[N+]=[N-])C(=O)C(/C=C(/C(C)=O)C(C[N+](=O)[O-])c1ccco1)C(C[N+](=O)[O-])c1ccco1. The Morgan fingerprint density at radius 3 is 2.09 bits per heavy atom. The summed E-state index contributed by atoms with van der Waals surface area (Å²) in [5, 5.41) is 22.8. The molecule has 2 heterocycles. The van der Waals surface area contributed by atoms with Crippen LogP contribution in [0.1, 0.15) is 30.3 Å². The molecule has 35 heavy (non-hydrogen) atoms. The van der Waals surface area contributed by atoms with E-state index in [4.69, 9.17) is 8.83 Å². The van der Waals surface area contributed by atoms with Crippen LogP contribution in [0.5, 0.6) is 0 Å². The van der Waals surface area contributed by atoms with Crippen LogP contribution in [0.3, 0.4) is 0 Å². The lowest BCUT2D eigenvalue weighted by Crippen LogP contribution is -2.36. The Labute approximate surface area is 197 Å². The number of ketones is 2. The predicted molar refractivity (Wildman–Crippen MR) is 115 cm³/mol. The van der Waals surface area contributed by atoms with Gasteiger partial charge in [0.05, 0.1) is 31.5 Å². The van der Waals surface area contributed by atoms with E-state index in [9.17, 15) is 40.1 Å². The van der Waals surface area contributed by atoms with Crippen LogP contribution in [0.4, 0.5) is 0 Å². The number of esters is 1. The fraction of sp³-hybridized carbons (Fsp3) is 0.333. The van der Waals surface area contributed by atoms with Gasteiger partial charge in [-0.1, -0.05) is 6.08 Å². The number of hydrogen-bond acceptors (Lipinski definition) is 10. The first-order chi connectivity index (χ1) is 16.6. The standard InChI is InChI=1S/C21H20N4O10/c1-12(26)13(15(10-24(29)30)17-5-3-7-34-17)9-14(20(27)19(23-22)21(28)33-2)16(11-25(31)32)18-6-4-8-35-18/h3-9,14-16H,10-11H2,1-2H3/b13-9-. The fourth-order valence-corrected chi connectivity index (χ4v) is 3.52. The molecule has 0 aliphatic heterocycles. The Bertz CT molecular complexity index is 1180. The summed E-state index contributed by atoms with van der Waals surface area (Å²) in [6.07, 6.45) is 3.40. The molecule has 2 aromatic rings. The lowest BCUT2D eigenvalue weighted by atomic mass is 9.80. The number of nitro groups is 2. The van der Waals surface area contributed by atoms with Gasteiger partial charge in [0, 0.05) is 15.4 Å². The van der Waals surface area contributed by atoms with Crippen LogP contribution in [0.2, 0.25) is 0 Å². The van der Waals surface area contributed by atoms with E-state index >= 15 is 0 Å². The maximum atomic E-state index is 13.3. The molecule has 3 unspecified atom stereocenters. The summed E-state index contributed by atoms with van der Waals surface area (Å²) in [7, 11) is 0.914.